The molecule has 6 nitrogen and oxygen atoms in total. The smallest absolute Gasteiger partial charge is 0.349 e. The number of nitrogens with zero attached hydrogens (tertiary/aromatic N) is 1. The van der Waals surface area contributed by atoms with E-state index in [-0.39, 0.29) is 5.56 Å². The standard InChI is InChI=1S/C21H21NO5/c1-14-7-4-5-9-17(14)26-12-11-22(2)20(23)16-13-15-8-6-10-18(25-3)19(15)27-21(16)24/h4-10,13H,11-12H2,1-3H3. The number of benzene rings is 2. The van der Waals surface area contributed by atoms with Gasteiger partial charge in [-0.15, -0.1) is 0 Å². The summed E-state index contributed by atoms with van der Waals surface area (Å²) in [5.74, 6) is 0.807. The van der Waals surface area contributed by atoms with Crippen molar-refractivity contribution in [1.29, 1.82) is 0 Å². The third kappa shape index (κ3) is 3.95. The summed E-state index contributed by atoms with van der Waals surface area (Å²) >= 11 is 0. The minimum atomic E-state index is -0.691. The molecule has 0 atom stereocenters. The van der Waals surface area contributed by atoms with E-state index in [0.29, 0.717) is 29.9 Å². The minimum Gasteiger partial charge on any atom is -0.493 e. The summed E-state index contributed by atoms with van der Waals surface area (Å²) in [5.41, 5.74) is 0.639. The number of amides is 1. The van der Waals surface area contributed by atoms with Crippen LogP contribution < -0.4 is 15.1 Å². The van der Waals surface area contributed by atoms with Crippen LogP contribution in [0.4, 0.5) is 0 Å². The maximum Gasteiger partial charge on any atom is 0.349 e. The average Bonchev–Trinajstić information content (AvgIpc) is 2.67. The molecule has 1 aromatic heterocycles. The Morgan fingerprint density at radius 3 is 2.59 bits per heavy atom. The third-order valence-electron chi connectivity index (χ3n) is 4.30. The molecule has 0 spiro atoms. The predicted molar refractivity (Wildman–Crippen MR) is 103 cm³/mol. The number of ether oxygens (including phenoxy) is 2. The summed E-state index contributed by atoms with van der Waals surface area (Å²) in [6.07, 6.45) is 0. The molecule has 3 rings (SSSR count). The highest BCUT2D eigenvalue weighted by Crippen LogP contribution is 2.24. The van der Waals surface area contributed by atoms with Crippen LogP contribution in [0.25, 0.3) is 11.0 Å². The van der Waals surface area contributed by atoms with Crippen molar-refractivity contribution in [2.24, 2.45) is 0 Å². The molecule has 1 amide bonds. The van der Waals surface area contributed by atoms with Gasteiger partial charge in [0.05, 0.1) is 13.7 Å². The third-order valence-corrected chi connectivity index (χ3v) is 4.30. The first-order valence-electron chi connectivity index (χ1n) is 8.56. The van der Waals surface area contributed by atoms with Crippen molar-refractivity contribution >= 4 is 16.9 Å². The molecule has 0 N–H and O–H groups in total. The van der Waals surface area contributed by atoms with E-state index in [9.17, 15) is 9.59 Å². The summed E-state index contributed by atoms with van der Waals surface area (Å²) < 4.78 is 16.2. The van der Waals surface area contributed by atoms with Gasteiger partial charge >= 0.3 is 5.63 Å². The number of aryl methyl sites for hydroxylation is 1. The summed E-state index contributed by atoms with van der Waals surface area (Å²) in [5, 5.41) is 0.627. The van der Waals surface area contributed by atoms with E-state index >= 15 is 0 Å². The molecular weight excluding hydrogens is 346 g/mol. The molecule has 0 radical (unpaired) electrons. The molecule has 3 aromatic rings. The highest BCUT2D eigenvalue weighted by atomic mass is 16.5. The first-order valence-corrected chi connectivity index (χ1v) is 8.56. The van der Waals surface area contributed by atoms with Gasteiger partial charge in [-0.05, 0) is 30.7 Å². The second-order valence-corrected chi connectivity index (χ2v) is 6.17. The molecule has 0 aliphatic carbocycles. The Labute approximate surface area is 156 Å². The molecule has 0 saturated heterocycles. The number of hydrogen-bond acceptors (Lipinski definition) is 5. The van der Waals surface area contributed by atoms with Crippen LogP contribution in [0.5, 0.6) is 11.5 Å². The second kappa shape index (κ2) is 7.95. The number of rotatable bonds is 6. The van der Waals surface area contributed by atoms with Gasteiger partial charge in [-0.1, -0.05) is 30.3 Å². The molecule has 0 saturated carbocycles. The van der Waals surface area contributed by atoms with Crippen LogP contribution in [0.15, 0.2) is 57.7 Å². The van der Waals surface area contributed by atoms with E-state index < -0.39 is 11.5 Å². The van der Waals surface area contributed by atoms with Gasteiger partial charge < -0.3 is 18.8 Å². The van der Waals surface area contributed by atoms with Crippen LogP contribution >= 0.6 is 0 Å². The molecule has 0 aliphatic heterocycles. The van der Waals surface area contributed by atoms with Crippen molar-refractivity contribution in [3.05, 3.63) is 70.1 Å². The van der Waals surface area contributed by atoms with Gasteiger partial charge in [-0.3, -0.25) is 4.79 Å². The zero-order chi connectivity index (χ0) is 19.4. The topological polar surface area (TPSA) is 69.0 Å². The predicted octanol–water partition coefficient (Wildman–Crippen LogP) is 3.26. The fourth-order valence-corrected chi connectivity index (χ4v) is 2.75. The molecule has 0 unspecified atom stereocenters. The van der Waals surface area contributed by atoms with Crippen LogP contribution in [0.2, 0.25) is 0 Å². The Hall–Kier alpha value is -3.28. The maximum absolute atomic E-state index is 12.7. The van der Waals surface area contributed by atoms with E-state index in [2.05, 4.69) is 0 Å². The Kier molecular flexibility index (Phi) is 5.45. The number of likely N-dealkylation sites (N-methyl/N-ethyl adjacent to an activating group) is 1. The second-order valence-electron chi connectivity index (χ2n) is 6.17. The van der Waals surface area contributed by atoms with E-state index in [1.54, 1.807) is 25.2 Å². The molecule has 140 valence electrons. The van der Waals surface area contributed by atoms with Gasteiger partial charge in [-0.25, -0.2) is 4.79 Å². The summed E-state index contributed by atoms with van der Waals surface area (Å²) in [7, 11) is 3.12. The first-order chi connectivity index (χ1) is 13.0. The van der Waals surface area contributed by atoms with Gasteiger partial charge in [0, 0.05) is 12.4 Å². The van der Waals surface area contributed by atoms with E-state index in [4.69, 9.17) is 13.9 Å². The fraction of sp³-hybridized carbons (Fsp3) is 0.238. The van der Waals surface area contributed by atoms with Gasteiger partial charge in [0.1, 0.15) is 17.9 Å². The lowest BCUT2D eigenvalue weighted by molar-refractivity contribution is 0.0769. The zero-order valence-corrected chi connectivity index (χ0v) is 15.5. The zero-order valence-electron chi connectivity index (χ0n) is 15.5. The number of fused-ring (bicyclic) bond motifs is 1. The lowest BCUT2D eigenvalue weighted by Crippen LogP contribution is -2.33. The average molecular weight is 367 g/mol. The first kappa shape index (κ1) is 18.5. The van der Waals surface area contributed by atoms with Crippen molar-refractivity contribution < 1.29 is 18.7 Å². The molecule has 0 bridgehead atoms. The highest BCUT2D eigenvalue weighted by molar-refractivity contribution is 5.97. The van der Waals surface area contributed by atoms with Crippen LogP contribution in [0.3, 0.4) is 0 Å². The number of carbonyl (C=O) groups is 1. The van der Waals surface area contributed by atoms with Crippen molar-refractivity contribution in [3.8, 4) is 11.5 Å². The molecule has 1 heterocycles. The maximum atomic E-state index is 12.7. The van der Waals surface area contributed by atoms with Crippen molar-refractivity contribution in [3.63, 3.8) is 0 Å². The van der Waals surface area contributed by atoms with Gasteiger partial charge in [0.15, 0.2) is 11.3 Å². The Morgan fingerprint density at radius 1 is 1.11 bits per heavy atom. The van der Waals surface area contributed by atoms with E-state index in [1.807, 2.05) is 31.2 Å². The molecule has 0 aliphatic rings. The summed E-state index contributed by atoms with van der Waals surface area (Å²) in [6.45, 7) is 2.61. The van der Waals surface area contributed by atoms with Crippen LogP contribution in [-0.4, -0.2) is 38.1 Å². The molecule has 2 aromatic carbocycles. The highest BCUT2D eigenvalue weighted by Gasteiger charge is 2.19. The summed E-state index contributed by atoms with van der Waals surface area (Å²) in [4.78, 5) is 26.4. The van der Waals surface area contributed by atoms with Crippen LogP contribution in [0, 0.1) is 6.92 Å². The number of para-hydroxylation sites is 2. The Morgan fingerprint density at radius 2 is 1.85 bits per heavy atom. The largest absolute Gasteiger partial charge is 0.493 e. The number of carbonyl (C=O) groups excluding carboxylic acids is 1. The van der Waals surface area contributed by atoms with Crippen molar-refractivity contribution in [2.45, 2.75) is 6.92 Å². The monoisotopic (exact) mass is 367 g/mol. The lowest BCUT2D eigenvalue weighted by Gasteiger charge is -2.17. The SMILES string of the molecule is COc1cccc2cc(C(=O)N(C)CCOc3ccccc3C)c(=O)oc12. The minimum absolute atomic E-state index is 0.0193. The normalized spacial score (nSPS) is 10.6. The van der Waals surface area contributed by atoms with Crippen molar-refractivity contribution in [2.75, 3.05) is 27.3 Å². The van der Waals surface area contributed by atoms with E-state index in [0.717, 1.165) is 11.3 Å². The molecular formula is C21H21NO5. The fourth-order valence-electron chi connectivity index (χ4n) is 2.75. The molecule has 27 heavy (non-hydrogen) atoms. The van der Waals surface area contributed by atoms with Crippen LogP contribution in [-0.2, 0) is 0 Å². The number of hydrogen-bond donors (Lipinski definition) is 0. The summed E-state index contributed by atoms with van der Waals surface area (Å²) in [6, 6.07) is 14.4. The molecule has 0 fully saturated rings. The van der Waals surface area contributed by atoms with Crippen LogP contribution in [0.1, 0.15) is 15.9 Å². The quantitative estimate of drug-likeness (QED) is 0.626. The molecule has 6 heteroatoms. The van der Waals surface area contributed by atoms with Crippen molar-refractivity contribution in [1.82, 2.24) is 4.90 Å². The van der Waals surface area contributed by atoms with Gasteiger partial charge in [0.25, 0.3) is 5.91 Å². The van der Waals surface area contributed by atoms with Gasteiger partial charge in [-0.2, -0.15) is 0 Å². The Balaban J connectivity index is 1.74. The number of methoxy groups -OCH3 is 1. The van der Waals surface area contributed by atoms with Gasteiger partial charge in [0.2, 0.25) is 0 Å². The lowest BCUT2D eigenvalue weighted by atomic mass is 10.1. The Bertz CT molecular complexity index is 1020. The van der Waals surface area contributed by atoms with E-state index in [1.165, 1.54) is 18.1 Å².